The van der Waals surface area contributed by atoms with E-state index in [1.807, 2.05) is 0 Å². The fourth-order valence-corrected chi connectivity index (χ4v) is 1.83. The fourth-order valence-electron chi connectivity index (χ4n) is 1.32. The van der Waals surface area contributed by atoms with Gasteiger partial charge in [0.25, 0.3) is 0 Å². The molecule has 0 radical (unpaired) electrons. The molecule has 2 rings (SSSR count). The topological polar surface area (TPSA) is 35.2 Å². The highest BCUT2D eigenvalue weighted by Crippen LogP contribution is 2.32. The molecule has 0 saturated heterocycles. The van der Waals surface area contributed by atoms with Gasteiger partial charge >= 0.3 is 0 Å². The summed E-state index contributed by atoms with van der Waals surface area (Å²) in [4.78, 5) is 0. The Kier molecular flexibility index (Phi) is 3.41. The van der Waals surface area contributed by atoms with Crippen LogP contribution in [0, 0.1) is 5.82 Å². The fraction of sp³-hybridized carbons (Fsp3) is 0. The van der Waals surface area contributed by atoms with Crippen molar-refractivity contribution < 1.29 is 9.13 Å². The Morgan fingerprint density at radius 3 is 2.35 bits per heavy atom. The molecule has 0 spiro atoms. The molecule has 17 heavy (non-hydrogen) atoms. The summed E-state index contributed by atoms with van der Waals surface area (Å²) in [6.45, 7) is 0. The van der Waals surface area contributed by atoms with E-state index in [4.69, 9.17) is 33.7 Å². The van der Waals surface area contributed by atoms with Gasteiger partial charge in [0.2, 0.25) is 0 Å². The van der Waals surface area contributed by atoms with Crippen LogP contribution in [0.5, 0.6) is 11.5 Å². The Labute approximate surface area is 108 Å². The van der Waals surface area contributed by atoms with Crippen molar-refractivity contribution in [3.05, 3.63) is 52.3 Å². The number of rotatable bonds is 2. The van der Waals surface area contributed by atoms with Gasteiger partial charge in [0.1, 0.15) is 17.3 Å². The summed E-state index contributed by atoms with van der Waals surface area (Å²) >= 11 is 11.6. The van der Waals surface area contributed by atoms with E-state index in [0.717, 1.165) is 0 Å². The maximum atomic E-state index is 13.2. The first kappa shape index (κ1) is 12.0. The van der Waals surface area contributed by atoms with Crippen molar-refractivity contribution in [3.63, 3.8) is 0 Å². The van der Waals surface area contributed by atoms with Crippen molar-refractivity contribution in [3.8, 4) is 11.5 Å². The van der Waals surface area contributed by atoms with Gasteiger partial charge in [-0.1, -0.05) is 29.3 Å². The second-order valence-corrected chi connectivity index (χ2v) is 4.23. The third-order valence-electron chi connectivity index (χ3n) is 2.08. The molecule has 0 aliphatic rings. The largest absolute Gasteiger partial charge is 0.455 e. The Balaban J connectivity index is 2.34. The molecule has 5 heteroatoms. The first-order chi connectivity index (χ1) is 8.06. The van der Waals surface area contributed by atoms with Crippen LogP contribution in [0.4, 0.5) is 10.1 Å². The van der Waals surface area contributed by atoms with Gasteiger partial charge in [-0.2, -0.15) is 0 Å². The lowest BCUT2D eigenvalue weighted by molar-refractivity contribution is 0.480. The first-order valence-electron chi connectivity index (χ1n) is 4.74. The molecule has 0 aromatic heterocycles. The van der Waals surface area contributed by atoms with E-state index < -0.39 is 5.82 Å². The predicted octanol–water partition coefficient (Wildman–Crippen LogP) is 4.51. The van der Waals surface area contributed by atoms with Crippen molar-refractivity contribution >= 4 is 28.9 Å². The van der Waals surface area contributed by atoms with Crippen molar-refractivity contribution in [2.75, 3.05) is 5.73 Å². The normalized spacial score (nSPS) is 10.3. The van der Waals surface area contributed by atoms with Gasteiger partial charge in [-0.3, -0.25) is 0 Å². The van der Waals surface area contributed by atoms with Gasteiger partial charge < -0.3 is 10.5 Å². The predicted molar refractivity (Wildman–Crippen MR) is 67.3 cm³/mol. The number of hydrogen-bond donors (Lipinski definition) is 1. The monoisotopic (exact) mass is 271 g/mol. The molecule has 0 unspecified atom stereocenters. The average Bonchev–Trinajstić information content (AvgIpc) is 2.23. The number of hydrogen-bond acceptors (Lipinski definition) is 2. The number of para-hydroxylation sites is 1. The van der Waals surface area contributed by atoms with Crippen molar-refractivity contribution in [1.82, 2.24) is 0 Å². The van der Waals surface area contributed by atoms with E-state index in [2.05, 4.69) is 0 Å². The second kappa shape index (κ2) is 4.82. The molecule has 0 heterocycles. The molecule has 2 N–H and O–H groups in total. The maximum Gasteiger partial charge on any atom is 0.153 e. The molecular weight excluding hydrogens is 264 g/mol. The minimum absolute atomic E-state index is 0.0522. The standard InChI is InChI=1S/C12H8Cl2FNO/c13-7-4-8(14)6-9(5-7)17-11-3-1-2-10(15)12(11)16/h1-6H,16H2. The molecule has 0 saturated carbocycles. The SMILES string of the molecule is Nc1c(F)cccc1Oc1cc(Cl)cc(Cl)c1. The minimum Gasteiger partial charge on any atom is -0.455 e. The van der Waals surface area contributed by atoms with E-state index >= 15 is 0 Å². The number of anilines is 1. The number of halogens is 3. The maximum absolute atomic E-state index is 13.2. The van der Waals surface area contributed by atoms with E-state index in [0.29, 0.717) is 15.8 Å². The lowest BCUT2D eigenvalue weighted by atomic mass is 10.3. The van der Waals surface area contributed by atoms with Crippen LogP contribution >= 0.6 is 23.2 Å². The molecule has 0 fully saturated rings. The Morgan fingerprint density at radius 2 is 1.71 bits per heavy atom. The third kappa shape index (κ3) is 2.81. The van der Waals surface area contributed by atoms with Gasteiger partial charge in [-0.15, -0.1) is 0 Å². The van der Waals surface area contributed by atoms with Gasteiger partial charge in [-0.25, -0.2) is 4.39 Å². The van der Waals surface area contributed by atoms with Crippen LogP contribution in [0.15, 0.2) is 36.4 Å². The zero-order valence-electron chi connectivity index (χ0n) is 8.58. The van der Waals surface area contributed by atoms with E-state index in [9.17, 15) is 4.39 Å². The summed E-state index contributed by atoms with van der Waals surface area (Å²) in [5.74, 6) is 0.0961. The van der Waals surface area contributed by atoms with Gasteiger partial charge in [-0.05, 0) is 30.3 Å². The molecule has 2 aromatic rings. The lowest BCUT2D eigenvalue weighted by Crippen LogP contribution is -1.95. The quantitative estimate of drug-likeness (QED) is 0.816. The Hall–Kier alpha value is -1.45. The van der Waals surface area contributed by atoms with E-state index in [1.165, 1.54) is 12.1 Å². The molecular formula is C12H8Cl2FNO. The zero-order chi connectivity index (χ0) is 12.4. The number of ether oxygens (including phenoxy) is 1. The summed E-state index contributed by atoms with van der Waals surface area (Å²) in [6, 6.07) is 9.04. The highest BCUT2D eigenvalue weighted by Gasteiger charge is 2.07. The smallest absolute Gasteiger partial charge is 0.153 e. The highest BCUT2D eigenvalue weighted by atomic mass is 35.5. The third-order valence-corrected chi connectivity index (χ3v) is 2.51. The van der Waals surface area contributed by atoms with Crippen molar-refractivity contribution in [2.45, 2.75) is 0 Å². The van der Waals surface area contributed by atoms with Crippen LogP contribution in [-0.4, -0.2) is 0 Å². The van der Waals surface area contributed by atoms with Crippen LogP contribution in [-0.2, 0) is 0 Å². The van der Waals surface area contributed by atoms with E-state index in [1.54, 1.807) is 24.3 Å². The van der Waals surface area contributed by atoms with Crippen LogP contribution in [0.1, 0.15) is 0 Å². The molecule has 2 aromatic carbocycles. The summed E-state index contributed by atoms with van der Waals surface area (Å²) in [6.07, 6.45) is 0. The van der Waals surface area contributed by atoms with Gasteiger partial charge in [0.05, 0.1) is 0 Å². The molecule has 2 nitrogen and oxygen atoms in total. The zero-order valence-corrected chi connectivity index (χ0v) is 10.1. The number of benzene rings is 2. The van der Waals surface area contributed by atoms with Gasteiger partial charge in [0, 0.05) is 10.0 Å². The summed E-state index contributed by atoms with van der Waals surface area (Å²) in [7, 11) is 0. The lowest BCUT2D eigenvalue weighted by Gasteiger charge is -2.09. The molecule has 0 bridgehead atoms. The summed E-state index contributed by atoms with van der Waals surface area (Å²) in [5, 5.41) is 0.866. The van der Waals surface area contributed by atoms with Crippen molar-refractivity contribution in [1.29, 1.82) is 0 Å². The van der Waals surface area contributed by atoms with Crippen LogP contribution in [0.2, 0.25) is 10.0 Å². The average molecular weight is 272 g/mol. The minimum atomic E-state index is -0.532. The van der Waals surface area contributed by atoms with Gasteiger partial charge in [0.15, 0.2) is 5.75 Å². The molecule has 0 amide bonds. The van der Waals surface area contributed by atoms with E-state index in [-0.39, 0.29) is 11.4 Å². The van der Waals surface area contributed by atoms with Crippen LogP contribution in [0.3, 0.4) is 0 Å². The molecule has 0 aliphatic heterocycles. The van der Waals surface area contributed by atoms with Crippen LogP contribution < -0.4 is 10.5 Å². The summed E-state index contributed by atoms with van der Waals surface area (Å²) < 4.78 is 18.6. The molecule has 88 valence electrons. The van der Waals surface area contributed by atoms with Crippen molar-refractivity contribution in [2.24, 2.45) is 0 Å². The highest BCUT2D eigenvalue weighted by molar-refractivity contribution is 6.34. The molecule has 0 aliphatic carbocycles. The number of nitrogen functional groups attached to an aromatic ring is 1. The molecule has 0 atom stereocenters. The first-order valence-corrected chi connectivity index (χ1v) is 5.50. The number of nitrogens with two attached hydrogens (primary N) is 1. The van der Waals surface area contributed by atoms with Crippen LogP contribution in [0.25, 0.3) is 0 Å². The Morgan fingerprint density at radius 1 is 1.06 bits per heavy atom. The summed E-state index contributed by atoms with van der Waals surface area (Å²) in [5.41, 5.74) is 5.49. The Bertz CT molecular complexity index is 540. The second-order valence-electron chi connectivity index (χ2n) is 3.36.